The highest BCUT2D eigenvalue weighted by molar-refractivity contribution is 5.81. The fourth-order valence-corrected chi connectivity index (χ4v) is 3.40. The molecule has 0 spiro atoms. The molecule has 3 rings (SSSR count). The van der Waals surface area contributed by atoms with Gasteiger partial charge in [0.25, 0.3) is 5.95 Å². The first-order valence-corrected chi connectivity index (χ1v) is 11.1. The van der Waals surface area contributed by atoms with Gasteiger partial charge in [0.1, 0.15) is 6.33 Å². The lowest BCUT2D eigenvalue weighted by Crippen LogP contribution is -2.21. The zero-order chi connectivity index (χ0) is 22.8. The van der Waals surface area contributed by atoms with Crippen molar-refractivity contribution in [1.82, 2.24) is 14.9 Å². The van der Waals surface area contributed by atoms with Gasteiger partial charge in [-0.1, -0.05) is 24.3 Å². The highest BCUT2D eigenvalue weighted by atomic mass is 15.5. The van der Waals surface area contributed by atoms with Crippen LogP contribution in [0.15, 0.2) is 65.1 Å². The summed E-state index contributed by atoms with van der Waals surface area (Å²) in [7, 11) is 0. The van der Waals surface area contributed by atoms with Gasteiger partial charge >= 0.3 is 0 Å². The van der Waals surface area contributed by atoms with E-state index in [-0.39, 0.29) is 0 Å². The molecule has 0 amide bonds. The third-order valence-electron chi connectivity index (χ3n) is 5.28. The minimum atomic E-state index is 0.442. The van der Waals surface area contributed by atoms with Crippen molar-refractivity contribution in [3.8, 4) is 0 Å². The molecule has 2 aromatic carbocycles. The molecule has 0 fully saturated rings. The summed E-state index contributed by atoms with van der Waals surface area (Å²) in [5, 5.41) is 16.7. The van der Waals surface area contributed by atoms with Gasteiger partial charge in [-0.3, -0.25) is 0 Å². The number of rotatable bonds is 11. The van der Waals surface area contributed by atoms with Crippen LogP contribution in [-0.2, 0) is 0 Å². The summed E-state index contributed by atoms with van der Waals surface area (Å²) in [6.07, 6.45) is 5.06. The number of hydrazone groups is 1. The third-order valence-corrected chi connectivity index (χ3v) is 5.28. The van der Waals surface area contributed by atoms with Crippen LogP contribution in [0.2, 0.25) is 0 Å². The largest absolute Gasteiger partial charge is 0.372 e. The van der Waals surface area contributed by atoms with Gasteiger partial charge in [0.2, 0.25) is 0 Å². The van der Waals surface area contributed by atoms with Crippen LogP contribution in [0.5, 0.6) is 0 Å². The van der Waals surface area contributed by atoms with Crippen molar-refractivity contribution in [3.05, 3.63) is 66.0 Å². The van der Waals surface area contributed by atoms with Crippen molar-refractivity contribution in [2.75, 3.05) is 41.4 Å². The number of nitrogens with one attached hydrogen (secondary N) is 1. The monoisotopic (exact) mass is 432 g/mol. The Labute approximate surface area is 190 Å². The van der Waals surface area contributed by atoms with Crippen LogP contribution < -0.4 is 15.2 Å². The van der Waals surface area contributed by atoms with Crippen LogP contribution >= 0.6 is 0 Å². The highest BCUT2D eigenvalue weighted by Crippen LogP contribution is 2.15. The normalized spacial score (nSPS) is 11.4. The predicted molar refractivity (Wildman–Crippen MR) is 134 cm³/mol. The minimum absolute atomic E-state index is 0.442. The lowest BCUT2D eigenvalue weighted by molar-refractivity contribution is 0.866. The fraction of sp³-hybridized carbons (Fsp3) is 0.333. The summed E-state index contributed by atoms with van der Waals surface area (Å²) in [5.74, 6) is 0.442. The van der Waals surface area contributed by atoms with E-state index in [4.69, 9.17) is 0 Å². The zero-order valence-electron chi connectivity index (χ0n) is 19.3. The first-order chi connectivity index (χ1) is 15.7. The number of benzene rings is 2. The van der Waals surface area contributed by atoms with Crippen molar-refractivity contribution >= 4 is 29.8 Å². The molecule has 8 nitrogen and oxygen atoms in total. The Bertz CT molecular complexity index is 997. The van der Waals surface area contributed by atoms with Crippen molar-refractivity contribution in [1.29, 1.82) is 0 Å². The number of anilines is 3. The van der Waals surface area contributed by atoms with Gasteiger partial charge in [-0.05, 0) is 63.1 Å². The molecule has 1 aromatic heterocycles. The van der Waals surface area contributed by atoms with E-state index >= 15 is 0 Å². The number of hydrogen-bond donors (Lipinski definition) is 1. The Hall–Kier alpha value is -3.68. The van der Waals surface area contributed by atoms with E-state index in [1.165, 1.54) is 17.7 Å². The first-order valence-electron chi connectivity index (χ1n) is 11.1. The predicted octanol–water partition coefficient (Wildman–Crippen LogP) is 4.30. The van der Waals surface area contributed by atoms with Gasteiger partial charge in [-0.15, -0.1) is 10.2 Å². The van der Waals surface area contributed by atoms with Crippen molar-refractivity contribution in [3.63, 3.8) is 0 Å². The molecule has 3 aromatic rings. The molecule has 168 valence electrons. The molecule has 0 unspecified atom stereocenters. The molecule has 1 heterocycles. The summed E-state index contributed by atoms with van der Waals surface area (Å²) >= 11 is 0. The second-order valence-corrected chi connectivity index (χ2v) is 7.14. The number of hydrogen-bond acceptors (Lipinski definition) is 7. The summed E-state index contributed by atoms with van der Waals surface area (Å²) in [4.78, 5) is 4.61. The average molecular weight is 433 g/mol. The molecule has 0 bridgehead atoms. The second-order valence-electron chi connectivity index (χ2n) is 7.14. The van der Waals surface area contributed by atoms with Crippen molar-refractivity contribution < 1.29 is 0 Å². The molecule has 0 aliphatic rings. The van der Waals surface area contributed by atoms with Crippen LogP contribution in [0.1, 0.15) is 38.8 Å². The molecular weight excluding hydrogens is 400 g/mol. The minimum Gasteiger partial charge on any atom is -0.372 e. The Kier molecular flexibility index (Phi) is 8.36. The smallest absolute Gasteiger partial charge is 0.265 e. The van der Waals surface area contributed by atoms with Crippen LogP contribution in [0.4, 0.5) is 17.3 Å². The highest BCUT2D eigenvalue weighted by Gasteiger charge is 2.03. The number of nitrogens with zero attached hydrogens (tertiary/aromatic N) is 7. The molecule has 0 radical (unpaired) electrons. The van der Waals surface area contributed by atoms with Gasteiger partial charge in [0.15, 0.2) is 0 Å². The second kappa shape index (κ2) is 11.6. The number of aromatic nitrogens is 3. The van der Waals surface area contributed by atoms with Gasteiger partial charge in [-0.2, -0.15) is 14.9 Å². The standard InChI is InChI=1S/C24H32N8/c1-5-30(6-2)22-13-9-20(10-14-22)17-25-28-24-29-26-19-32(24)27-18-21-11-15-23(16-12-21)31(7-3)8-4/h9-19H,5-8H2,1-4H3,(H,28,29). The van der Waals surface area contributed by atoms with Gasteiger partial charge in [-0.25, -0.2) is 5.43 Å². The van der Waals surface area contributed by atoms with Gasteiger partial charge < -0.3 is 9.80 Å². The molecular formula is C24H32N8. The van der Waals surface area contributed by atoms with Crippen molar-refractivity contribution in [2.45, 2.75) is 27.7 Å². The molecule has 0 saturated carbocycles. The molecule has 0 atom stereocenters. The molecule has 0 saturated heterocycles. The van der Waals surface area contributed by atoms with Crippen LogP contribution in [-0.4, -0.2) is 53.5 Å². The maximum atomic E-state index is 4.44. The Morgan fingerprint density at radius 2 is 1.28 bits per heavy atom. The Morgan fingerprint density at radius 3 is 1.78 bits per heavy atom. The summed E-state index contributed by atoms with van der Waals surface area (Å²) in [6.45, 7) is 12.6. The molecule has 1 N–H and O–H groups in total. The van der Waals surface area contributed by atoms with Crippen LogP contribution in [0, 0.1) is 0 Å². The van der Waals surface area contributed by atoms with E-state index in [1.54, 1.807) is 17.1 Å². The van der Waals surface area contributed by atoms with E-state index in [9.17, 15) is 0 Å². The topological polar surface area (TPSA) is 73.9 Å². The average Bonchev–Trinajstić information content (AvgIpc) is 3.28. The summed E-state index contributed by atoms with van der Waals surface area (Å²) in [5.41, 5.74) is 7.31. The molecule has 0 aliphatic carbocycles. The van der Waals surface area contributed by atoms with E-state index in [0.717, 1.165) is 37.3 Å². The lowest BCUT2D eigenvalue weighted by Gasteiger charge is -2.20. The first kappa shape index (κ1) is 23.0. The van der Waals surface area contributed by atoms with Crippen LogP contribution in [0.3, 0.4) is 0 Å². The van der Waals surface area contributed by atoms with Gasteiger partial charge in [0, 0.05) is 37.6 Å². The summed E-state index contributed by atoms with van der Waals surface area (Å²) in [6, 6.07) is 16.6. The quantitative estimate of drug-likeness (QED) is 0.361. The lowest BCUT2D eigenvalue weighted by atomic mass is 10.2. The zero-order valence-corrected chi connectivity index (χ0v) is 19.3. The fourth-order valence-electron chi connectivity index (χ4n) is 3.40. The third kappa shape index (κ3) is 5.94. The molecule has 0 aliphatic heterocycles. The van der Waals surface area contributed by atoms with Crippen LogP contribution in [0.25, 0.3) is 0 Å². The maximum absolute atomic E-state index is 4.44. The molecule has 32 heavy (non-hydrogen) atoms. The van der Waals surface area contributed by atoms with E-state index in [1.807, 2.05) is 12.1 Å². The molecule has 8 heteroatoms. The van der Waals surface area contributed by atoms with Gasteiger partial charge in [0.05, 0.1) is 12.4 Å². The van der Waals surface area contributed by atoms with E-state index < -0.39 is 0 Å². The Balaban J connectivity index is 1.61. The SMILES string of the molecule is CCN(CC)c1ccc(C=NNc2nncn2N=Cc2ccc(N(CC)CC)cc2)cc1. The Morgan fingerprint density at radius 1 is 0.781 bits per heavy atom. The summed E-state index contributed by atoms with van der Waals surface area (Å²) < 4.78 is 1.55. The van der Waals surface area contributed by atoms with E-state index in [2.05, 4.69) is 99.7 Å². The van der Waals surface area contributed by atoms with Crippen molar-refractivity contribution in [2.24, 2.45) is 10.2 Å². The van der Waals surface area contributed by atoms with E-state index in [0.29, 0.717) is 5.95 Å². The maximum Gasteiger partial charge on any atom is 0.265 e.